The molecule has 0 N–H and O–H groups in total. The first-order valence-corrected chi connectivity index (χ1v) is 7.34. The number of esters is 4. The van der Waals surface area contributed by atoms with Crippen molar-refractivity contribution in [3.63, 3.8) is 0 Å². The lowest BCUT2D eigenvalue weighted by Crippen LogP contribution is -2.64. The maximum atomic E-state index is 12.0. The van der Waals surface area contributed by atoms with Crippen LogP contribution in [0, 0.1) is 0 Å². The molecule has 0 saturated carbocycles. The molecule has 0 unspecified atom stereocenters. The van der Waals surface area contributed by atoms with E-state index in [1.165, 1.54) is 0 Å². The highest BCUT2D eigenvalue weighted by Gasteiger charge is 2.60. The Hall–Kier alpha value is -1.68. The predicted molar refractivity (Wildman–Crippen MR) is 76.3 cm³/mol. The van der Waals surface area contributed by atoms with Crippen molar-refractivity contribution in [3.05, 3.63) is 0 Å². The quantitative estimate of drug-likeness (QED) is 0.369. The van der Waals surface area contributed by atoms with E-state index < -0.39 is 46.7 Å². The average Bonchev–Trinajstić information content (AvgIpc) is 2.43. The smallest absolute Gasteiger partial charge is 0.353 e. The van der Waals surface area contributed by atoms with E-state index in [-0.39, 0.29) is 6.61 Å². The molecule has 1 aliphatic heterocycles. The SMILES string of the molecule is COC(=O)[C@@]1(Br)OC[C@@H](OC(C)=O)[C@@H](OC(C)=O)[C@@H]1OC(C)=O. The Bertz CT molecular complexity index is 506. The third kappa shape index (κ3) is 4.64. The average molecular weight is 397 g/mol. The molecular weight excluding hydrogens is 380 g/mol. The van der Waals surface area contributed by atoms with Crippen LogP contribution < -0.4 is 0 Å². The van der Waals surface area contributed by atoms with Crippen molar-refractivity contribution >= 4 is 39.8 Å². The van der Waals surface area contributed by atoms with Crippen LogP contribution in [0.2, 0.25) is 0 Å². The maximum absolute atomic E-state index is 12.0. The van der Waals surface area contributed by atoms with Crippen molar-refractivity contribution in [1.82, 2.24) is 0 Å². The lowest BCUT2D eigenvalue weighted by atomic mass is 9.99. The minimum Gasteiger partial charge on any atom is -0.466 e. The number of rotatable bonds is 4. The fourth-order valence-corrected chi connectivity index (χ4v) is 2.71. The summed E-state index contributed by atoms with van der Waals surface area (Å²) in [5.74, 6) is -3.03. The Morgan fingerprint density at radius 2 is 1.52 bits per heavy atom. The summed E-state index contributed by atoms with van der Waals surface area (Å²) in [6.07, 6.45) is -3.74. The second kappa shape index (κ2) is 7.73. The molecule has 10 heteroatoms. The molecule has 1 fully saturated rings. The van der Waals surface area contributed by atoms with Gasteiger partial charge < -0.3 is 23.7 Å². The number of hydrogen-bond acceptors (Lipinski definition) is 9. The molecule has 0 aliphatic carbocycles. The summed E-state index contributed by atoms with van der Waals surface area (Å²) in [5.41, 5.74) is 0. The van der Waals surface area contributed by atoms with Crippen LogP contribution >= 0.6 is 15.9 Å². The van der Waals surface area contributed by atoms with Crippen molar-refractivity contribution in [1.29, 1.82) is 0 Å². The van der Waals surface area contributed by atoms with Gasteiger partial charge in [0.1, 0.15) is 0 Å². The first-order chi connectivity index (χ1) is 10.6. The zero-order valence-electron chi connectivity index (χ0n) is 13.0. The van der Waals surface area contributed by atoms with Crippen LogP contribution in [0.4, 0.5) is 0 Å². The summed E-state index contributed by atoms with van der Waals surface area (Å²) in [7, 11) is 1.11. The molecular formula is C13H17BrO9. The second-order valence-corrected chi connectivity index (χ2v) is 5.88. The molecule has 0 amide bonds. The van der Waals surface area contributed by atoms with Crippen LogP contribution in [-0.4, -0.2) is 60.4 Å². The van der Waals surface area contributed by atoms with Gasteiger partial charge in [0.2, 0.25) is 0 Å². The zero-order valence-corrected chi connectivity index (χ0v) is 14.6. The van der Waals surface area contributed by atoms with Crippen LogP contribution in [0.5, 0.6) is 0 Å². The van der Waals surface area contributed by atoms with Gasteiger partial charge in [0.25, 0.3) is 4.51 Å². The molecule has 9 nitrogen and oxygen atoms in total. The van der Waals surface area contributed by atoms with Gasteiger partial charge >= 0.3 is 23.9 Å². The highest BCUT2D eigenvalue weighted by molar-refractivity contribution is 9.10. The van der Waals surface area contributed by atoms with Crippen LogP contribution in [0.3, 0.4) is 0 Å². The van der Waals surface area contributed by atoms with Crippen molar-refractivity contribution in [2.45, 2.75) is 43.6 Å². The molecule has 0 bridgehead atoms. The lowest BCUT2D eigenvalue weighted by Gasteiger charge is -2.43. The van der Waals surface area contributed by atoms with Gasteiger partial charge in [-0.15, -0.1) is 0 Å². The Labute approximate surface area is 140 Å². The Balaban J connectivity index is 3.24. The molecule has 0 aromatic rings. The van der Waals surface area contributed by atoms with Crippen LogP contribution in [0.25, 0.3) is 0 Å². The molecule has 1 rings (SSSR count). The van der Waals surface area contributed by atoms with E-state index in [0.717, 1.165) is 27.9 Å². The van der Waals surface area contributed by atoms with Gasteiger partial charge in [-0.2, -0.15) is 0 Å². The molecule has 1 saturated heterocycles. The molecule has 0 aromatic carbocycles. The summed E-state index contributed by atoms with van der Waals surface area (Å²) < 4.78 is 23.3. The summed E-state index contributed by atoms with van der Waals surface area (Å²) in [4.78, 5) is 45.9. The van der Waals surface area contributed by atoms with E-state index in [0.29, 0.717) is 0 Å². The molecule has 130 valence electrons. The van der Waals surface area contributed by atoms with Crippen molar-refractivity contribution < 1.29 is 42.9 Å². The van der Waals surface area contributed by atoms with Crippen molar-refractivity contribution in [2.75, 3.05) is 13.7 Å². The molecule has 1 heterocycles. The Morgan fingerprint density at radius 3 is 1.96 bits per heavy atom. The normalized spacial score (nSPS) is 30.0. The first kappa shape index (κ1) is 19.4. The number of alkyl halides is 1. The number of carbonyl (C=O) groups is 4. The monoisotopic (exact) mass is 396 g/mol. The number of hydrogen-bond donors (Lipinski definition) is 0. The first-order valence-electron chi connectivity index (χ1n) is 6.54. The summed E-state index contributed by atoms with van der Waals surface area (Å²) >= 11 is 3.03. The molecule has 1 aliphatic rings. The molecule has 0 spiro atoms. The minimum absolute atomic E-state index is 0.282. The zero-order chi connectivity index (χ0) is 17.8. The molecule has 23 heavy (non-hydrogen) atoms. The van der Waals surface area contributed by atoms with Gasteiger partial charge in [0.15, 0.2) is 18.3 Å². The predicted octanol–water partition coefficient (Wildman–Crippen LogP) is 0.0759. The topological polar surface area (TPSA) is 114 Å². The van der Waals surface area contributed by atoms with Gasteiger partial charge in [-0.05, 0) is 15.9 Å². The van der Waals surface area contributed by atoms with Crippen LogP contribution in [0.15, 0.2) is 0 Å². The number of ether oxygens (including phenoxy) is 5. The number of halogens is 1. The minimum atomic E-state index is -1.90. The Kier molecular flexibility index (Phi) is 6.51. The summed E-state index contributed by atoms with van der Waals surface area (Å²) in [6.45, 7) is 3.10. The molecule has 0 aromatic heterocycles. The largest absolute Gasteiger partial charge is 0.466 e. The highest BCUT2D eigenvalue weighted by atomic mass is 79.9. The number of methoxy groups -OCH3 is 1. The van der Waals surface area contributed by atoms with Crippen molar-refractivity contribution in [3.8, 4) is 0 Å². The standard InChI is InChI=1S/C13H17BrO9/c1-6(15)21-9-5-20-13(14,12(18)19-4)11(23-8(3)17)10(9)22-7(2)16/h9-11H,5H2,1-4H3/t9-,10-,11+,13+/m1/s1. The third-order valence-corrected chi connectivity index (χ3v) is 3.87. The summed E-state index contributed by atoms with van der Waals surface area (Å²) in [5, 5.41) is 0. The van der Waals surface area contributed by atoms with Crippen LogP contribution in [0.1, 0.15) is 20.8 Å². The Morgan fingerprint density at radius 1 is 1.00 bits per heavy atom. The summed E-state index contributed by atoms with van der Waals surface area (Å²) in [6, 6.07) is 0. The second-order valence-electron chi connectivity index (χ2n) is 4.70. The molecule has 4 atom stereocenters. The number of carbonyl (C=O) groups excluding carboxylic acids is 4. The van der Waals surface area contributed by atoms with E-state index in [4.69, 9.17) is 18.9 Å². The van der Waals surface area contributed by atoms with E-state index in [2.05, 4.69) is 20.7 Å². The maximum Gasteiger partial charge on any atom is 0.353 e. The van der Waals surface area contributed by atoms with Gasteiger partial charge in [0, 0.05) is 20.8 Å². The van der Waals surface area contributed by atoms with E-state index in [1.807, 2.05) is 0 Å². The van der Waals surface area contributed by atoms with E-state index >= 15 is 0 Å². The lowest BCUT2D eigenvalue weighted by molar-refractivity contribution is -0.235. The third-order valence-electron chi connectivity index (χ3n) is 2.86. The van der Waals surface area contributed by atoms with Gasteiger partial charge in [-0.1, -0.05) is 0 Å². The van der Waals surface area contributed by atoms with Crippen molar-refractivity contribution in [2.24, 2.45) is 0 Å². The fourth-order valence-electron chi connectivity index (χ4n) is 2.07. The van der Waals surface area contributed by atoms with E-state index in [1.54, 1.807) is 0 Å². The van der Waals surface area contributed by atoms with Gasteiger partial charge in [-0.25, -0.2) is 4.79 Å². The highest BCUT2D eigenvalue weighted by Crippen LogP contribution is 2.37. The van der Waals surface area contributed by atoms with Gasteiger partial charge in [-0.3, -0.25) is 14.4 Å². The van der Waals surface area contributed by atoms with Crippen LogP contribution in [-0.2, 0) is 42.9 Å². The van der Waals surface area contributed by atoms with E-state index in [9.17, 15) is 19.2 Å². The van der Waals surface area contributed by atoms with Gasteiger partial charge in [0.05, 0.1) is 13.7 Å². The molecule has 0 radical (unpaired) electrons. The fraction of sp³-hybridized carbons (Fsp3) is 0.692.